The number of aromatic carboxylic acids is 1. The summed E-state index contributed by atoms with van der Waals surface area (Å²) in [6.07, 6.45) is 3.67. The van der Waals surface area contributed by atoms with Crippen LogP contribution in [0.1, 0.15) is 36.5 Å². The van der Waals surface area contributed by atoms with E-state index in [1.54, 1.807) is 6.07 Å². The van der Waals surface area contributed by atoms with E-state index < -0.39 is 5.97 Å². The summed E-state index contributed by atoms with van der Waals surface area (Å²) in [4.78, 5) is 10.9. The van der Waals surface area contributed by atoms with Crippen LogP contribution in [0.15, 0.2) is 18.2 Å². The van der Waals surface area contributed by atoms with Crippen LogP contribution in [-0.4, -0.2) is 24.3 Å². The van der Waals surface area contributed by atoms with Crippen LogP contribution in [0.2, 0.25) is 0 Å². The normalized spacial score (nSPS) is 14.3. The molecule has 2 rings (SSSR count). The van der Waals surface area contributed by atoms with Crippen LogP contribution >= 0.6 is 0 Å². The second kappa shape index (κ2) is 5.76. The van der Waals surface area contributed by atoms with Gasteiger partial charge in [0.1, 0.15) is 0 Å². The molecule has 0 amide bonds. The molecule has 4 nitrogen and oxygen atoms in total. The lowest BCUT2D eigenvalue weighted by Crippen LogP contribution is -2.03. The highest BCUT2D eigenvalue weighted by atomic mass is 16.5. The fourth-order valence-corrected chi connectivity index (χ4v) is 1.77. The van der Waals surface area contributed by atoms with Crippen molar-refractivity contribution in [1.82, 2.24) is 0 Å². The first kappa shape index (κ1) is 12.7. The van der Waals surface area contributed by atoms with Gasteiger partial charge in [-0.15, -0.1) is 0 Å². The third kappa shape index (κ3) is 3.39. The van der Waals surface area contributed by atoms with E-state index >= 15 is 0 Å². The van der Waals surface area contributed by atoms with E-state index in [-0.39, 0.29) is 5.56 Å². The molecule has 1 saturated carbocycles. The molecule has 1 aromatic rings. The summed E-state index contributed by atoms with van der Waals surface area (Å²) in [6.45, 7) is 3.01. The second-order valence-corrected chi connectivity index (χ2v) is 4.48. The Kier molecular flexibility index (Phi) is 4.07. The second-order valence-electron chi connectivity index (χ2n) is 4.48. The van der Waals surface area contributed by atoms with Crippen molar-refractivity contribution in [3.63, 3.8) is 0 Å². The van der Waals surface area contributed by atoms with Crippen LogP contribution in [0.4, 0.5) is 0 Å². The smallest absolute Gasteiger partial charge is 0.335 e. The highest BCUT2D eigenvalue weighted by Gasteiger charge is 2.21. The summed E-state index contributed by atoms with van der Waals surface area (Å²) in [5.74, 6) is 0.995. The number of rotatable bonds is 7. The van der Waals surface area contributed by atoms with Gasteiger partial charge in [0, 0.05) is 0 Å². The van der Waals surface area contributed by atoms with Gasteiger partial charge >= 0.3 is 5.97 Å². The number of hydrogen-bond donors (Lipinski definition) is 1. The van der Waals surface area contributed by atoms with Crippen LogP contribution < -0.4 is 9.47 Å². The number of ether oxygens (including phenoxy) is 2. The predicted octanol–water partition coefficient (Wildman–Crippen LogP) is 2.96. The van der Waals surface area contributed by atoms with Gasteiger partial charge in [-0.1, -0.05) is 12.8 Å². The minimum absolute atomic E-state index is 0.216. The molecule has 0 heterocycles. The lowest BCUT2D eigenvalue weighted by Gasteiger charge is -2.12. The van der Waals surface area contributed by atoms with Crippen LogP contribution in [-0.2, 0) is 0 Å². The molecule has 0 unspecified atom stereocenters. The molecule has 1 fully saturated rings. The summed E-state index contributed by atoms with van der Waals surface area (Å²) in [7, 11) is 0. The molecular formula is C14H18O4. The highest BCUT2D eigenvalue weighted by Crippen LogP contribution is 2.33. The molecule has 1 aliphatic rings. The molecule has 0 atom stereocenters. The van der Waals surface area contributed by atoms with E-state index in [0.29, 0.717) is 24.7 Å². The predicted molar refractivity (Wildman–Crippen MR) is 67.4 cm³/mol. The van der Waals surface area contributed by atoms with Crippen molar-refractivity contribution in [2.24, 2.45) is 5.92 Å². The maximum absolute atomic E-state index is 10.9. The molecule has 98 valence electrons. The summed E-state index contributed by atoms with van der Waals surface area (Å²) < 4.78 is 11.1. The Hall–Kier alpha value is -1.71. The maximum Gasteiger partial charge on any atom is 0.335 e. The van der Waals surface area contributed by atoms with Crippen molar-refractivity contribution >= 4 is 5.97 Å². The van der Waals surface area contributed by atoms with E-state index in [2.05, 4.69) is 0 Å². The Morgan fingerprint density at radius 2 is 2.11 bits per heavy atom. The quantitative estimate of drug-likeness (QED) is 0.808. The van der Waals surface area contributed by atoms with E-state index in [0.717, 1.165) is 12.3 Å². The summed E-state index contributed by atoms with van der Waals surface area (Å²) in [5.41, 5.74) is 0.216. The molecule has 1 N–H and O–H groups in total. The zero-order valence-electron chi connectivity index (χ0n) is 10.5. The Labute approximate surface area is 107 Å². The minimum Gasteiger partial charge on any atom is -0.490 e. The van der Waals surface area contributed by atoms with Gasteiger partial charge in [-0.25, -0.2) is 4.79 Å². The Morgan fingerprint density at radius 1 is 1.33 bits per heavy atom. The van der Waals surface area contributed by atoms with Crippen molar-refractivity contribution in [3.8, 4) is 11.5 Å². The van der Waals surface area contributed by atoms with Crippen LogP contribution in [0, 0.1) is 5.92 Å². The van der Waals surface area contributed by atoms with E-state index in [9.17, 15) is 4.79 Å². The molecule has 0 aliphatic heterocycles. The average molecular weight is 250 g/mol. The fourth-order valence-electron chi connectivity index (χ4n) is 1.77. The number of carboxylic acid groups (broad SMARTS) is 1. The van der Waals surface area contributed by atoms with Crippen molar-refractivity contribution in [1.29, 1.82) is 0 Å². The number of hydrogen-bond acceptors (Lipinski definition) is 3. The van der Waals surface area contributed by atoms with E-state index in [4.69, 9.17) is 14.6 Å². The monoisotopic (exact) mass is 250 g/mol. The molecule has 1 aliphatic carbocycles. The molecule has 18 heavy (non-hydrogen) atoms. The summed E-state index contributed by atoms with van der Waals surface area (Å²) in [5, 5.41) is 8.93. The number of carboxylic acids is 1. The molecule has 0 spiro atoms. The van der Waals surface area contributed by atoms with Crippen LogP contribution in [0.25, 0.3) is 0 Å². The first-order chi connectivity index (χ1) is 8.70. The Balaban J connectivity index is 2.03. The number of benzene rings is 1. The Bertz CT molecular complexity index is 424. The molecule has 0 radical (unpaired) electrons. The summed E-state index contributed by atoms with van der Waals surface area (Å²) in [6, 6.07) is 4.72. The van der Waals surface area contributed by atoms with Crippen molar-refractivity contribution in [2.75, 3.05) is 13.2 Å². The SMILES string of the molecule is CCOc1cc(C(=O)O)ccc1OCCC1CC1. The third-order valence-electron chi connectivity index (χ3n) is 2.97. The molecule has 0 saturated heterocycles. The summed E-state index contributed by atoms with van der Waals surface area (Å²) >= 11 is 0. The van der Waals surface area contributed by atoms with Gasteiger partial charge in [-0.05, 0) is 37.5 Å². The first-order valence-electron chi connectivity index (χ1n) is 6.33. The van der Waals surface area contributed by atoms with E-state index in [1.165, 1.54) is 25.0 Å². The topological polar surface area (TPSA) is 55.8 Å². The molecule has 0 aromatic heterocycles. The van der Waals surface area contributed by atoms with Gasteiger partial charge in [0.15, 0.2) is 11.5 Å². The lowest BCUT2D eigenvalue weighted by molar-refractivity contribution is 0.0696. The highest BCUT2D eigenvalue weighted by molar-refractivity contribution is 5.88. The largest absolute Gasteiger partial charge is 0.490 e. The molecule has 4 heteroatoms. The van der Waals surface area contributed by atoms with Gasteiger partial charge in [-0.3, -0.25) is 0 Å². The van der Waals surface area contributed by atoms with Crippen LogP contribution in [0.5, 0.6) is 11.5 Å². The molecular weight excluding hydrogens is 232 g/mol. The number of carbonyl (C=O) groups is 1. The van der Waals surface area contributed by atoms with Gasteiger partial charge in [0.05, 0.1) is 18.8 Å². The van der Waals surface area contributed by atoms with Gasteiger partial charge in [0.25, 0.3) is 0 Å². The van der Waals surface area contributed by atoms with Gasteiger partial charge in [-0.2, -0.15) is 0 Å². The van der Waals surface area contributed by atoms with Crippen molar-refractivity contribution < 1.29 is 19.4 Å². The zero-order valence-corrected chi connectivity index (χ0v) is 10.5. The Morgan fingerprint density at radius 3 is 2.72 bits per heavy atom. The minimum atomic E-state index is -0.958. The van der Waals surface area contributed by atoms with E-state index in [1.807, 2.05) is 6.92 Å². The molecule has 0 bridgehead atoms. The van der Waals surface area contributed by atoms with Gasteiger partial charge < -0.3 is 14.6 Å². The fraction of sp³-hybridized carbons (Fsp3) is 0.500. The average Bonchev–Trinajstić information content (AvgIpc) is 3.15. The zero-order chi connectivity index (χ0) is 13.0. The van der Waals surface area contributed by atoms with Crippen molar-refractivity contribution in [3.05, 3.63) is 23.8 Å². The van der Waals surface area contributed by atoms with Crippen LogP contribution in [0.3, 0.4) is 0 Å². The standard InChI is InChI=1S/C14H18O4/c1-2-17-13-9-11(14(15)16)5-6-12(13)18-8-7-10-3-4-10/h5-6,9-10H,2-4,7-8H2,1H3,(H,15,16). The van der Waals surface area contributed by atoms with Crippen molar-refractivity contribution in [2.45, 2.75) is 26.2 Å². The first-order valence-corrected chi connectivity index (χ1v) is 6.33. The third-order valence-corrected chi connectivity index (χ3v) is 2.97. The molecule has 1 aromatic carbocycles. The lowest BCUT2D eigenvalue weighted by atomic mass is 10.2. The maximum atomic E-state index is 10.9. The van der Waals surface area contributed by atoms with Gasteiger partial charge in [0.2, 0.25) is 0 Å².